The second kappa shape index (κ2) is 12.3. The molecule has 0 N–H and O–H groups in total. The van der Waals surface area contributed by atoms with Gasteiger partial charge in [0.25, 0.3) is 11.1 Å². The number of halogens is 2. The largest absolute Gasteiger partial charge is 0.490 e. The van der Waals surface area contributed by atoms with Gasteiger partial charge in [-0.15, -0.1) is 0 Å². The molecule has 0 spiro atoms. The molecule has 7 nitrogen and oxygen atoms in total. The summed E-state index contributed by atoms with van der Waals surface area (Å²) in [6.07, 6.45) is 1.87. The molecule has 1 saturated heterocycles. The minimum atomic E-state index is -0.633. The van der Waals surface area contributed by atoms with Crippen LogP contribution in [0.15, 0.2) is 41.3 Å². The van der Waals surface area contributed by atoms with Gasteiger partial charge in [-0.05, 0) is 73.5 Å². The van der Waals surface area contributed by atoms with Gasteiger partial charge in [0, 0.05) is 5.02 Å². The topological polar surface area (TPSA) is 82.1 Å². The Bertz CT molecular complexity index is 1140. The molecule has 2 amide bonds. The van der Waals surface area contributed by atoms with E-state index in [-0.39, 0.29) is 22.6 Å². The lowest BCUT2D eigenvalue weighted by Crippen LogP contribution is -2.35. The van der Waals surface area contributed by atoms with Crippen LogP contribution in [0.3, 0.4) is 0 Å². The standard InChI is InChI=1S/C25H25Cl2NO6S/c1-4-15(3)34-22(29)13-28-24(30)21(35-25(28)31)12-17-10-19(27)23(20(11-17)32-5-2)33-14-16-6-8-18(26)9-7-16/h6-12,15H,4-5,13-14H2,1-3H3/b21-12+/t15-/m0/s1. The third kappa shape index (κ3) is 7.16. The van der Waals surface area contributed by atoms with Gasteiger partial charge in [0.15, 0.2) is 11.5 Å². The van der Waals surface area contributed by atoms with Crippen LogP contribution in [0.4, 0.5) is 4.79 Å². The van der Waals surface area contributed by atoms with Crippen LogP contribution in [-0.4, -0.2) is 41.3 Å². The predicted octanol–water partition coefficient (Wildman–Crippen LogP) is 6.35. The number of imide groups is 1. The highest BCUT2D eigenvalue weighted by molar-refractivity contribution is 8.18. The molecule has 0 saturated carbocycles. The Labute approximate surface area is 218 Å². The molecule has 10 heteroatoms. The van der Waals surface area contributed by atoms with Crippen molar-refractivity contribution in [3.05, 3.63) is 62.5 Å². The van der Waals surface area contributed by atoms with Crippen LogP contribution < -0.4 is 9.47 Å². The number of rotatable bonds is 10. The van der Waals surface area contributed by atoms with Gasteiger partial charge < -0.3 is 14.2 Å². The fourth-order valence-corrected chi connectivity index (χ4v) is 4.31. The molecule has 186 valence electrons. The van der Waals surface area contributed by atoms with Crippen LogP contribution >= 0.6 is 35.0 Å². The first kappa shape index (κ1) is 26.9. The van der Waals surface area contributed by atoms with Crippen LogP contribution in [0.25, 0.3) is 6.08 Å². The van der Waals surface area contributed by atoms with E-state index < -0.39 is 23.7 Å². The Hall–Kier alpha value is -2.68. The zero-order valence-corrected chi connectivity index (χ0v) is 21.8. The number of benzene rings is 2. The van der Waals surface area contributed by atoms with Crippen molar-refractivity contribution < 1.29 is 28.6 Å². The average Bonchev–Trinajstić information content (AvgIpc) is 3.07. The summed E-state index contributed by atoms with van der Waals surface area (Å²) in [7, 11) is 0. The maximum Gasteiger partial charge on any atom is 0.326 e. The summed E-state index contributed by atoms with van der Waals surface area (Å²) < 4.78 is 16.8. The molecule has 1 heterocycles. The lowest BCUT2D eigenvalue weighted by Gasteiger charge is -2.15. The number of ether oxygens (including phenoxy) is 3. The van der Waals surface area contributed by atoms with E-state index in [0.717, 1.165) is 22.2 Å². The van der Waals surface area contributed by atoms with E-state index >= 15 is 0 Å². The summed E-state index contributed by atoms with van der Waals surface area (Å²) >= 11 is 13.2. The third-order valence-electron chi connectivity index (χ3n) is 4.99. The first-order chi connectivity index (χ1) is 16.7. The predicted molar refractivity (Wildman–Crippen MR) is 137 cm³/mol. The first-order valence-corrected chi connectivity index (χ1v) is 12.6. The fourth-order valence-electron chi connectivity index (χ4n) is 3.07. The monoisotopic (exact) mass is 537 g/mol. The number of hydrogen-bond donors (Lipinski definition) is 0. The van der Waals surface area contributed by atoms with E-state index in [1.54, 1.807) is 31.2 Å². The van der Waals surface area contributed by atoms with Crippen molar-refractivity contribution in [1.29, 1.82) is 0 Å². The van der Waals surface area contributed by atoms with Gasteiger partial charge in [-0.3, -0.25) is 19.3 Å². The van der Waals surface area contributed by atoms with Gasteiger partial charge in [0.2, 0.25) is 0 Å². The van der Waals surface area contributed by atoms with Gasteiger partial charge in [0.1, 0.15) is 13.2 Å². The van der Waals surface area contributed by atoms with Crippen LogP contribution in [0, 0.1) is 0 Å². The summed E-state index contributed by atoms with van der Waals surface area (Å²) in [5, 5.41) is 0.372. The second-order valence-electron chi connectivity index (χ2n) is 7.65. The highest BCUT2D eigenvalue weighted by Crippen LogP contribution is 2.39. The van der Waals surface area contributed by atoms with Crippen molar-refractivity contribution in [2.45, 2.75) is 39.9 Å². The van der Waals surface area contributed by atoms with Crippen molar-refractivity contribution in [3.8, 4) is 11.5 Å². The van der Waals surface area contributed by atoms with Gasteiger partial charge in [0.05, 0.1) is 22.6 Å². The Kier molecular flexibility index (Phi) is 9.48. The van der Waals surface area contributed by atoms with E-state index in [9.17, 15) is 14.4 Å². The minimum Gasteiger partial charge on any atom is -0.490 e. The molecule has 0 radical (unpaired) electrons. The van der Waals surface area contributed by atoms with Crippen LogP contribution in [0.1, 0.15) is 38.3 Å². The number of carbonyl (C=O) groups excluding carboxylic acids is 3. The quantitative estimate of drug-likeness (QED) is 0.258. The molecule has 2 aromatic rings. The number of esters is 1. The van der Waals surface area contributed by atoms with E-state index in [1.807, 2.05) is 26.0 Å². The molecule has 35 heavy (non-hydrogen) atoms. The molecule has 0 aliphatic carbocycles. The Balaban J connectivity index is 1.78. The minimum absolute atomic E-state index is 0.166. The normalized spacial score (nSPS) is 15.5. The number of amides is 2. The van der Waals surface area contributed by atoms with Crippen molar-refractivity contribution in [1.82, 2.24) is 4.90 Å². The van der Waals surface area contributed by atoms with E-state index in [4.69, 9.17) is 37.4 Å². The lowest BCUT2D eigenvalue weighted by molar-refractivity contribution is -0.150. The zero-order valence-electron chi connectivity index (χ0n) is 19.5. The molecule has 1 atom stereocenters. The third-order valence-corrected chi connectivity index (χ3v) is 6.43. The molecule has 3 rings (SSSR count). The smallest absolute Gasteiger partial charge is 0.326 e. The molecular formula is C25H25Cl2NO6S. The van der Waals surface area contributed by atoms with Gasteiger partial charge in [-0.2, -0.15) is 0 Å². The number of nitrogens with zero attached hydrogens (tertiary/aromatic N) is 1. The average molecular weight is 538 g/mol. The molecule has 0 unspecified atom stereocenters. The molecule has 2 aromatic carbocycles. The van der Waals surface area contributed by atoms with Crippen LogP contribution in [0.2, 0.25) is 10.0 Å². The summed E-state index contributed by atoms with van der Waals surface area (Å²) in [5.41, 5.74) is 1.45. The summed E-state index contributed by atoms with van der Waals surface area (Å²) in [5.74, 6) is -0.442. The zero-order chi connectivity index (χ0) is 25.5. The molecule has 0 aromatic heterocycles. The number of carbonyl (C=O) groups is 3. The summed E-state index contributed by atoms with van der Waals surface area (Å²) in [6, 6.07) is 10.5. The first-order valence-electron chi connectivity index (χ1n) is 11.0. The van der Waals surface area contributed by atoms with Gasteiger partial charge >= 0.3 is 5.97 Å². The molecule has 0 bridgehead atoms. The molecular weight excluding hydrogens is 513 g/mol. The number of thioether (sulfide) groups is 1. The van der Waals surface area contributed by atoms with E-state index in [1.165, 1.54) is 6.08 Å². The van der Waals surface area contributed by atoms with Crippen molar-refractivity contribution in [3.63, 3.8) is 0 Å². The van der Waals surface area contributed by atoms with Gasteiger partial charge in [-0.1, -0.05) is 42.3 Å². The highest BCUT2D eigenvalue weighted by Gasteiger charge is 2.37. The van der Waals surface area contributed by atoms with Gasteiger partial charge in [-0.25, -0.2) is 0 Å². The van der Waals surface area contributed by atoms with E-state index in [2.05, 4.69) is 0 Å². The second-order valence-corrected chi connectivity index (χ2v) is 9.49. The van der Waals surface area contributed by atoms with Crippen molar-refractivity contribution in [2.75, 3.05) is 13.2 Å². The van der Waals surface area contributed by atoms with Crippen LogP contribution in [-0.2, 0) is 20.9 Å². The summed E-state index contributed by atoms with van der Waals surface area (Å²) in [4.78, 5) is 38.2. The molecule has 1 aliphatic heterocycles. The van der Waals surface area contributed by atoms with Crippen molar-refractivity contribution in [2.24, 2.45) is 0 Å². The number of hydrogen-bond acceptors (Lipinski definition) is 7. The molecule has 1 fully saturated rings. The van der Waals surface area contributed by atoms with Crippen LogP contribution in [0.5, 0.6) is 11.5 Å². The van der Waals surface area contributed by atoms with Crippen molar-refractivity contribution >= 4 is 58.2 Å². The molecule has 1 aliphatic rings. The summed E-state index contributed by atoms with van der Waals surface area (Å²) in [6.45, 7) is 5.63. The van der Waals surface area contributed by atoms with E-state index in [0.29, 0.717) is 35.1 Å². The Morgan fingerprint density at radius 1 is 1.11 bits per heavy atom. The maximum atomic E-state index is 12.8. The SMILES string of the molecule is CCOc1cc(/C=C2/SC(=O)N(CC(=O)O[C@@H](C)CC)C2=O)cc(Cl)c1OCc1ccc(Cl)cc1. The highest BCUT2D eigenvalue weighted by atomic mass is 35.5. The fraction of sp³-hybridized carbons (Fsp3) is 0.320. The maximum absolute atomic E-state index is 12.8. The Morgan fingerprint density at radius 2 is 1.83 bits per heavy atom. The lowest BCUT2D eigenvalue weighted by atomic mass is 10.1. The Morgan fingerprint density at radius 3 is 2.49 bits per heavy atom.